The third-order valence-electron chi connectivity index (χ3n) is 6.74. The monoisotopic (exact) mass is 547 g/mol. The maximum absolute atomic E-state index is 13.6. The largest absolute Gasteiger partial charge is 0.481 e. The van der Waals surface area contributed by atoms with E-state index in [0.717, 1.165) is 12.8 Å². The van der Waals surface area contributed by atoms with E-state index in [1.807, 2.05) is 0 Å². The Morgan fingerprint density at radius 3 is 2.24 bits per heavy atom. The van der Waals surface area contributed by atoms with Gasteiger partial charge in [-0.05, 0) is 37.2 Å². The molecule has 3 aromatic rings. The second kappa shape index (κ2) is 10.7. The van der Waals surface area contributed by atoms with Gasteiger partial charge in [-0.15, -0.1) is 10.2 Å². The molecule has 3 heterocycles. The first-order chi connectivity index (χ1) is 18.0. The molecule has 0 aromatic carbocycles. The molecule has 3 aromatic heterocycles. The summed E-state index contributed by atoms with van der Waals surface area (Å²) in [5, 5.41) is 7.53. The lowest BCUT2D eigenvalue weighted by Gasteiger charge is -2.47. The van der Waals surface area contributed by atoms with Crippen molar-refractivity contribution in [2.45, 2.75) is 45.0 Å². The summed E-state index contributed by atoms with van der Waals surface area (Å²) in [6.07, 6.45) is 2.52. The van der Waals surface area contributed by atoms with Crippen LogP contribution in [0.5, 0.6) is 17.6 Å². The summed E-state index contributed by atoms with van der Waals surface area (Å²) in [5.41, 5.74) is 0.712. The van der Waals surface area contributed by atoms with Gasteiger partial charge in [0.2, 0.25) is 33.6 Å². The van der Waals surface area contributed by atoms with Gasteiger partial charge in [-0.1, -0.05) is 19.9 Å². The molecular weight excluding hydrogens is 514 g/mol. The van der Waals surface area contributed by atoms with E-state index in [1.165, 1.54) is 39.3 Å². The first-order valence-corrected chi connectivity index (χ1v) is 13.5. The van der Waals surface area contributed by atoms with E-state index in [1.54, 1.807) is 25.1 Å². The molecule has 1 saturated carbocycles. The molecule has 1 N–H and O–H groups in total. The van der Waals surface area contributed by atoms with Gasteiger partial charge in [-0.25, -0.2) is 18.0 Å². The van der Waals surface area contributed by atoms with Crippen molar-refractivity contribution in [1.82, 2.24) is 29.7 Å². The minimum atomic E-state index is -4.00. The van der Waals surface area contributed by atoms with Crippen molar-refractivity contribution in [2.75, 3.05) is 33.2 Å². The van der Waals surface area contributed by atoms with Gasteiger partial charge < -0.3 is 18.9 Å². The number of nitrogens with one attached hydrogen (secondary N) is 1. The Morgan fingerprint density at radius 2 is 1.68 bits per heavy atom. The Kier molecular flexibility index (Phi) is 7.74. The topological polar surface area (TPSA) is 152 Å². The molecule has 0 radical (unpaired) electrons. The maximum Gasteiger partial charge on any atom is 0.245 e. The average Bonchev–Trinajstić information content (AvgIpc) is 3.29. The summed E-state index contributed by atoms with van der Waals surface area (Å²) in [4.78, 5) is 12.8. The Labute approximate surface area is 222 Å². The molecule has 1 fully saturated rings. The fourth-order valence-electron chi connectivity index (χ4n) is 4.97. The van der Waals surface area contributed by atoms with Gasteiger partial charge >= 0.3 is 0 Å². The molecule has 13 nitrogen and oxygen atoms in total. The summed E-state index contributed by atoms with van der Waals surface area (Å²) >= 11 is 0. The highest BCUT2D eigenvalue weighted by molar-refractivity contribution is 7.93. The number of rotatable bonds is 11. The van der Waals surface area contributed by atoms with Gasteiger partial charge in [0.1, 0.15) is 17.3 Å². The molecule has 0 saturated heterocycles. The molecule has 0 amide bonds. The SMILES string of the molecule is COc1cccc(-c2nnc(NS(=O)(=O)C(C)C(OC)C3CC(C)(C)C3)n2-c2c(OC)ncnc2OC)n1. The lowest BCUT2D eigenvalue weighted by Crippen LogP contribution is -2.48. The van der Waals surface area contributed by atoms with Crippen molar-refractivity contribution < 1.29 is 27.4 Å². The second-order valence-corrected chi connectivity index (χ2v) is 11.9. The van der Waals surface area contributed by atoms with Crippen LogP contribution in [0.4, 0.5) is 5.95 Å². The van der Waals surface area contributed by atoms with Crippen LogP contribution in [0, 0.1) is 11.3 Å². The number of methoxy groups -OCH3 is 4. The molecule has 4 rings (SSSR count). The average molecular weight is 548 g/mol. The Bertz CT molecular complexity index is 1360. The molecular formula is C24H33N7O6S. The fourth-order valence-corrected chi connectivity index (χ4v) is 6.23. The molecule has 0 bridgehead atoms. The van der Waals surface area contributed by atoms with Crippen LogP contribution >= 0.6 is 0 Å². The standard InChI is InChI=1S/C24H33N7O6S/c1-14(19(35-5)15-11-24(2,3)12-15)38(32,33)30-23-29-28-20(16-9-8-10-17(27-16)34-4)31(23)18-21(36-6)25-13-26-22(18)37-7/h8-10,13-15,19H,11-12H2,1-7H3,(H,29,30). The zero-order valence-corrected chi connectivity index (χ0v) is 23.3. The van der Waals surface area contributed by atoms with Crippen LogP contribution in [0.3, 0.4) is 0 Å². The number of aromatic nitrogens is 6. The molecule has 0 spiro atoms. The highest BCUT2D eigenvalue weighted by atomic mass is 32.2. The Hall–Kier alpha value is -3.52. The minimum Gasteiger partial charge on any atom is -0.481 e. The van der Waals surface area contributed by atoms with Gasteiger partial charge in [-0.2, -0.15) is 9.97 Å². The van der Waals surface area contributed by atoms with E-state index < -0.39 is 21.4 Å². The number of sulfonamides is 1. The van der Waals surface area contributed by atoms with Gasteiger partial charge in [-0.3, -0.25) is 4.72 Å². The van der Waals surface area contributed by atoms with Crippen molar-refractivity contribution in [1.29, 1.82) is 0 Å². The van der Waals surface area contributed by atoms with E-state index >= 15 is 0 Å². The van der Waals surface area contributed by atoms with Crippen LogP contribution in [0.1, 0.15) is 33.6 Å². The lowest BCUT2D eigenvalue weighted by molar-refractivity contribution is -0.0367. The van der Waals surface area contributed by atoms with Crippen molar-refractivity contribution in [2.24, 2.45) is 11.3 Å². The number of hydrogen-bond acceptors (Lipinski definition) is 11. The Balaban J connectivity index is 1.81. The smallest absolute Gasteiger partial charge is 0.245 e. The van der Waals surface area contributed by atoms with Gasteiger partial charge in [0.15, 0.2) is 11.5 Å². The summed E-state index contributed by atoms with van der Waals surface area (Å²) < 4.78 is 53.1. The molecule has 0 aliphatic heterocycles. The second-order valence-electron chi connectivity index (χ2n) is 9.87. The third-order valence-corrected chi connectivity index (χ3v) is 8.46. The summed E-state index contributed by atoms with van der Waals surface area (Å²) in [5.74, 6) is 0.749. The molecule has 1 aliphatic rings. The van der Waals surface area contributed by atoms with Crippen molar-refractivity contribution in [3.63, 3.8) is 0 Å². The summed E-state index contributed by atoms with van der Waals surface area (Å²) in [6.45, 7) is 5.94. The van der Waals surface area contributed by atoms with E-state index in [2.05, 4.69) is 43.7 Å². The first kappa shape index (κ1) is 27.5. The molecule has 2 unspecified atom stereocenters. The molecule has 2 atom stereocenters. The van der Waals surface area contributed by atoms with Gasteiger partial charge in [0, 0.05) is 13.2 Å². The Morgan fingerprint density at radius 1 is 1.03 bits per heavy atom. The predicted molar refractivity (Wildman–Crippen MR) is 139 cm³/mol. The predicted octanol–water partition coefficient (Wildman–Crippen LogP) is 2.73. The van der Waals surface area contributed by atoms with Gasteiger partial charge in [0.05, 0.1) is 27.4 Å². The lowest BCUT2D eigenvalue weighted by atomic mass is 9.62. The third kappa shape index (κ3) is 5.23. The number of pyridine rings is 1. The number of hydrogen-bond donors (Lipinski definition) is 1. The maximum atomic E-state index is 13.6. The van der Waals surface area contributed by atoms with Crippen LogP contribution in [0.2, 0.25) is 0 Å². The van der Waals surface area contributed by atoms with E-state index in [4.69, 9.17) is 18.9 Å². The van der Waals surface area contributed by atoms with Crippen molar-refractivity contribution >= 4 is 16.0 Å². The van der Waals surface area contributed by atoms with E-state index in [0.29, 0.717) is 11.6 Å². The zero-order chi connectivity index (χ0) is 27.7. The van der Waals surface area contributed by atoms with Crippen molar-refractivity contribution in [3.8, 4) is 34.8 Å². The van der Waals surface area contributed by atoms with E-state index in [9.17, 15) is 8.42 Å². The number of nitrogens with zero attached hydrogens (tertiary/aromatic N) is 6. The van der Waals surface area contributed by atoms with Crippen molar-refractivity contribution in [3.05, 3.63) is 24.5 Å². The summed E-state index contributed by atoms with van der Waals surface area (Å²) in [6, 6.07) is 5.09. The normalized spacial score (nSPS) is 16.8. The molecule has 38 heavy (non-hydrogen) atoms. The van der Waals surface area contributed by atoms with Crippen LogP contribution in [0.15, 0.2) is 24.5 Å². The fraction of sp³-hybridized carbons (Fsp3) is 0.542. The zero-order valence-electron chi connectivity index (χ0n) is 22.5. The van der Waals surface area contributed by atoms with Crippen LogP contribution in [-0.2, 0) is 14.8 Å². The van der Waals surface area contributed by atoms with Crippen LogP contribution in [-0.4, -0.2) is 77.9 Å². The highest BCUT2D eigenvalue weighted by Crippen LogP contribution is 2.48. The number of anilines is 1. The van der Waals surface area contributed by atoms with Crippen LogP contribution < -0.4 is 18.9 Å². The molecule has 1 aliphatic carbocycles. The van der Waals surface area contributed by atoms with Crippen LogP contribution in [0.25, 0.3) is 17.2 Å². The highest BCUT2D eigenvalue weighted by Gasteiger charge is 2.45. The molecule has 14 heteroatoms. The summed E-state index contributed by atoms with van der Waals surface area (Å²) in [7, 11) is 1.88. The van der Waals surface area contributed by atoms with E-state index in [-0.39, 0.29) is 40.6 Å². The quantitative estimate of drug-likeness (QED) is 0.377. The van der Waals surface area contributed by atoms with Gasteiger partial charge in [0.25, 0.3) is 0 Å². The first-order valence-electron chi connectivity index (χ1n) is 12.0. The molecule has 206 valence electrons. The minimum absolute atomic E-state index is 0.112. The number of ether oxygens (including phenoxy) is 4.